The second kappa shape index (κ2) is 3.80. The maximum atomic E-state index is 6.90. The van der Waals surface area contributed by atoms with Crippen molar-refractivity contribution >= 4 is 11.9 Å². The Morgan fingerprint density at radius 3 is 2.92 bits per heavy atom. The summed E-state index contributed by atoms with van der Waals surface area (Å²) < 4.78 is 0. The number of aromatic amines is 1. The third-order valence-electron chi connectivity index (χ3n) is 0.721. The van der Waals surface area contributed by atoms with Gasteiger partial charge in [0, 0.05) is 0 Å². The van der Waals surface area contributed by atoms with Crippen LogP contribution in [0.5, 0.6) is 0 Å². The van der Waals surface area contributed by atoms with Crippen molar-refractivity contribution in [3.63, 3.8) is 0 Å². The number of aromatic nitrogens is 4. The summed E-state index contributed by atoms with van der Waals surface area (Å²) >= 11 is 0. The van der Waals surface area contributed by atoms with Crippen LogP contribution in [0, 0.1) is 5.41 Å². The predicted octanol–water partition coefficient (Wildman–Crippen LogP) is -0.456. The highest BCUT2D eigenvalue weighted by atomic mass is 15.5. The molecule has 1 rings (SSSR count). The number of hydrogen-bond donors (Lipinski definition) is 3. The molecule has 0 aliphatic carbocycles. The summed E-state index contributed by atoms with van der Waals surface area (Å²) in [4.78, 5) is 0. The van der Waals surface area contributed by atoms with Gasteiger partial charge < -0.3 is 5.84 Å². The van der Waals surface area contributed by atoms with Gasteiger partial charge in [-0.2, -0.15) is 5.21 Å². The number of nitrogens with zero attached hydrogens (tertiary/aromatic N) is 7. The van der Waals surface area contributed by atoms with Gasteiger partial charge in [-0.05, 0) is 5.21 Å². The summed E-state index contributed by atoms with van der Waals surface area (Å²) in [5.41, 5.74) is 0. The van der Waals surface area contributed by atoms with E-state index in [-0.39, 0.29) is 5.95 Å². The van der Waals surface area contributed by atoms with Gasteiger partial charge in [-0.15, -0.1) is 15.3 Å². The standard InChI is InChI=1S/C2H4N10/c3-1(6-10-4)5-7-2-8-11-12-9-2/h(H3,3,4,6)(H,8,9,11,12). The molecule has 4 N–H and O–H groups in total. The van der Waals surface area contributed by atoms with Crippen molar-refractivity contribution in [2.45, 2.75) is 0 Å². The smallest absolute Gasteiger partial charge is 0.304 e. The van der Waals surface area contributed by atoms with Crippen molar-refractivity contribution in [1.29, 1.82) is 5.41 Å². The molecule has 0 unspecified atom stereocenters. The third kappa shape index (κ3) is 2.17. The number of hydrogen-bond acceptors (Lipinski definition) is 6. The molecule has 1 aromatic heterocycles. The molecule has 0 saturated heterocycles. The molecular weight excluding hydrogens is 164 g/mol. The molecule has 0 aliphatic heterocycles. The Morgan fingerprint density at radius 2 is 2.33 bits per heavy atom. The number of nitrogens with one attached hydrogen (secondary N) is 2. The Kier molecular flexibility index (Phi) is 2.48. The molecule has 0 fully saturated rings. The lowest BCUT2D eigenvalue weighted by molar-refractivity contribution is 0.881. The van der Waals surface area contributed by atoms with Crippen molar-refractivity contribution in [1.82, 2.24) is 20.6 Å². The van der Waals surface area contributed by atoms with Gasteiger partial charge in [0.05, 0.1) is 0 Å². The number of nitrogens with two attached hydrogens (primary N) is 1. The monoisotopic (exact) mass is 168 g/mol. The highest BCUT2D eigenvalue weighted by Crippen LogP contribution is 1.97. The van der Waals surface area contributed by atoms with Crippen LogP contribution < -0.4 is 5.84 Å². The van der Waals surface area contributed by atoms with E-state index in [9.17, 15) is 0 Å². The highest BCUT2D eigenvalue weighted by Gasteiger charge is 1.93. The molecule has 0 spiro atoms. The van der Waals surface area contributed by atoms with Gasteiger partial charge in [0.15, 0.2) is 0 Å². The molecule has 0 bridgehead atoms. The van der Waals surface area contributed by atoms with Crippen LogP contribution in [0.2, 0.25) is 0 Å². The van der Waals surface area contributed by atoms with Crippen LogP contribution in [0.4, 0.5) is 5.95 Å². The van der Waals surface area contributed by atoms with E-state index < -0.39 is 5.96 Å². The maximum Gasteiger partial charge on any atom is 0.307 e. The average Bonchev–Trinajstić information content (AvgIpc) is 2.53. The van der Waals surface area contributed by atoms with Gasteiger partial charge in [0.2, 0.25) is 0 Å². The lowest BCUT2D eigenvalue weighted by atomic mass is 11.1. The van der Waals surface area contributed by atoms with Crippen LogP contribution >= 0.6 is 0 Å². The van der Waals surface area contributed by atoms with E-state index in [1.54, 1.807) is 0 Å². The fraction of sp³-hybridized carbons (Fsp3) is 0. The van der Waals surface area contributed by atoms with Gasteiger partial charge in [0.1, 0.15) is 0 Å². The largest absolute Gasteiger partial charge is 0.307 e. The fourth-order valence-electron chi connectivity index (χ4n) is 0.366. The molecule has 0 aliphatic rings. The zero-order valence-corrected chi connectivity index (χ0v) is 5.71. The summed E-state index contributed by atoms with van der Waals surface area (Å²) in [6.45, 7) is 0. The summed E-state index contributed by atoms with van der Waals surface area (Å²) in [6.07, 6.45) is 0. The van der Waals surface area contributed by atoms with Crippen molar-refractivity contribution in [3.8, 4) is 0 Å². The average molecular weight is 168 g/mol. The minimum atomic E-state index is -0.442. The van der Waals surface area contributed by atoms with Crippen LogP contribution in [-0.2, 0) is 0 Å². The van der Waals surface area contributed by atoms with Crippen molar-refractivity contribution in [2.75, 3.05) is 0 Å². The molecule has 1 aromatic rings. The first-order valence-corrected chi connectivity index (χ1v) is 2.67. The van der Waals surface area contributed by atoms with E-state index in [2.05, 4.69) is 47.0 Å². The predicted molar refractivity (Wildman–Crippen MR) is 35.5 cm³/mol. The number of guanidine groups is 1. The lowest BCUT2D eigenvalue weighted by Crippen LogP contribution is -1.85. The van der Waals surface area contributed by atoms with E-state index in [1.165, 1.54) is 0 Å². The Hall–Kier alpha value is -2.26. The lowest BCUT2D eigenvalue weighted by Gasteiger charge is -1.79. The van der Waals surface area contributed by atoms with Gasteiger partial charge >= 0.3 is 5.95 Å². The highest BCUT2D eigenvalue weighted by molar-refractivity contribution is 5.77. The van der Waals surface area contributed by atoms with Gasteiger partial charge in [0.25, 0.3) is 5.96 Å². The van der Waals surface area contributed by atoms with Gasteiger partial charge in [-0.3, -0.25) is 5.41 Å². The van der Waals surface area contributed by atoms with Crippen LogP contribution in [0.1, 0.15) is 0 Å². The Balaban J connectivity index is 2.57. The summed E-state index contributed by atoms with van der Waals surface area (Å²) in [5.74, 6) is 4.21. The van der Waals surface area contributed by atoms with E-state index in [4.69, 9.17) is 5.41 Å². The summed E-state index contributed by atoms with van der Waals surface area (Å²) in [7, 11) is 0. The normalized spacial score (nSPS) is 11.3. The van der Waals surface area contributed by atoms with Gasteiger partial charge in [-0.25, -0.2) is 0 Å². The molecule has 12 heavy (non-hydrogen) atoms. The molecule has 0 amide bonds. The SMILES string of the molecule is N=C(N=NN)N=Nc1nn[nH]n1. The Morgan fingerprint density at radius 1 is 1.50 bits per heavy atom. The first kappa shape index (κ1) is 7.84. The summed E-state index contributed by atoms with van der Waals surface area (Å²) in [5, 5.41) is 31.6. The molecule has 10 nitrogen and oxygen atoms in total. The van der Waals surface area contributed by atoms with Crippen molar-refractivity contribution in [2.24, 2.45) is 26.4 Å². The molecule has 0 aromatic carbocycles. The number of rotatable bonds is 1. The number of tetrazole rings is 1. The molecule has 0 saturated carbocycles. The molecular formula is C2H4N10. The second-order valence-corrected chi connectivity index (χ2v) is 1.45. The van der Waals surface area contributed by atoms with E-state index >= 15 is 0 Å². The molecule has 1 heterocycles. The van der Waals surface area contributed by atoms with Crippen molar-refractivity contribution in [3.05, 3.63) is 0 Å². The first-order chi connectivity index (χ1) is 5.83. The molecule has 10 heteroatoms. The molecule has 0 atom stereocenters. The third-order valence-corrected chi connectivity index (χ3v) is 0.721. The van der Waals surface area contributed by atoms with Crippen LogP contribution in [-0.4, -0.2) is 26.6 Å². The molecule has 0 radical (unpaired) electrons. The zero-order valence-electron chi connectivity index (χ0n) is 5.71. The Labute approximate surface area is 65.5 Å². The minimum Gasteiger partial charge on any atom is -0.304 e. The van der Waals surface area contributed by atoms with E-state index in [0.717, 1.165) is 0 Å². The fourth-order valence-corrected chi connectivity index (χ4v) is 0.366. The number of azo groups is 1. The minimum absolute atomic E-state index is 0.00646. The van der Waals surface area contributed by atoms with Crippen LogP contribution in [0.3, 0.4) is 0 Å². The van der Waals surface area contributed by atoms with Crippen LogP contribution in [0.15, 0.2) is 20.6 Å². The zero-order chi connectivity index (χ0) is 8.81. The second-order valence-electron chi connectivity index (χ2n) is 1.45. The van der Waals surface area contributed by atoms with Crippen molar-refractivity contribution < 1.29 is 0 Å². The molecule has 62 valence electrons. The van der Waals surface area contributed by atoms with Crippen LogP contribution in [0.25, 0.3) is 0 Å². The Bertz CT molecular complexity index is 292. The van der Waals surface area contributed by atoms with Gasteiger partial charge in [-0.1, -0.05) is 15.4 Å². The first-order valence-electron chi connectivity index (χ1n) is 2.67. The topological polar surface area (TPSA) is 154 Å². The summed E-state index contributed by atoms with van der Waals surface area (Å²) in [6, 6.07) is 0. The number of H-pyrrole nitrogens is 1. The van der Waals surface area contributed by atoms with E-state index in [0.29, 0.717) is 0 Å². The maximum absolute atomic E-state index is 6.90. The quantitative estimate of drug-likeness (QED) is 0.170. The van der Waals surface area contributed by atoms with E-state index in [1.807, 2.05) is 0 Å².